The van der Waals surface area contributed by atoms with Gasteiger partial charge >= 0.3 is 0 Å². The highest BCUT2D eigenvalue weighted by atomic mass is 16.5. The quantitative estimate of drug-likeness (QED) is 0.749. The van der Waals surface area contributed by atoms with Crippen molar-refractivity contribution in [3.05, 3.63) is 70.8 Å². The molecule has 2 heterocycles. The molecule has 1 aromatic carbocycles. The summed E-state index contributed by atoms with van der Waals surface area (Å²) in [5.41, 5.74) is 2.55. The van der Waals surface area contributed by atoms with Crippen LogP contribution in [0.2, 0.25) is 0 Å². The molecule has 0 spiro atoms. The molecule has 2 aromatic heterocycles. The molecule has 0 unspecified atom stereocenters. The minimum Gasteiger partial charge on any atom is -0.497 e. The molecule has 0 fully saturated rings. The summed E-state index contributed by atoms with van der Waals surface area (Å²) in [4.78, 5) is 20.8. The van der Waals surface area contributed by atoms with E-state index in [9.17, 15) is 4.79 Å². The van der Waals surface area contributed by atoms with E-state index in [4.69, 9.17) is 4.74 Å². The maximum Gasteiger partial charge on any atom is 0.255 e. The Bertz CT molecular complexity index is 907. The Labute approximate surface area is 146 Å². The van der Waals surface area contributed by atoms with Gasteiger partial charge in [0.1, 0.15) is 5.75 Å². The molecule has 0 aliphatic rings. The largest absolute Gasteiger partial charge is 0.497 e. The smallest absolute Gasteiger partial charge is 0.255 e. The van der Waals surface area contributed by atoms with E-state index in [1.54, 1.807) is 26.6 Å². The molecule has 0 atom stereocenters. The van der Waals surface area contributed by atoms with Crippen molar-refractivity contribution in [3.63, 3.8) is 0 Å². The Morgan fingerprint density at radius 3 is 2.72 bits per heavy atom. The fourth-order valence-corrected chi connectivity index (χ4v) is 2.51. The van der Waals surface area contributed by atoms with E-state index in [0.29, 0.717) is 18.2 Å². The first kappa shape index (κ1) is 16.7. The summed E-state index contributed by atoms with van der Waals surface area (Å²) in [6, 6.07) is 13.1. The third kappa shape index (κ3) is 4.03. The summed E-state index contributed by atoms with van der Waals surface area (Å²) < 4.78 is 6.75. The Morgan fingerprint density at radius 1 is 1.16 bits per heavy atom. The molecular formula is C19H20N4O2. The summed E-state index contributed by atoms with van der Waals surface area (Å²) >= 11 is 0. The number of rotatable bonds is 6. The van der Waals surface area contributed by atoms with Crippen molar-refractivity contribution < 1.29 is 4.74 Å². The molecule has 0 aliphatic carbocycles. The van der Waals surface area contributed by atoms with E-state index in [1.165, 1.54) is 10.6 Å². The molecule has 6 heteroatoms. The van der Waals surface area contributed by atoms with E-state index in [2.05, 4.69) is 15.3 Å². The summed E-state index contributed by atoms with van der Waals surface area (Å²) in [6.07, 6.45) is 4.17. The first-order valence-electron chi connectivity index (χ1n) is 8.02. The lowest BCUT2D eigenvalue weighted by atomic mass is 10.1. The van der Waals surface area contributed by atoms with E-state index in [-0.39, 0.29) is 5.56 Å². The van der Waals surface area contributed by atoms with Crippen LogP contribution in [0.15, 0.2) is 59.7 Å². The Morgan fingerprint density at radius 2 is 1.96 bits per heavy atom. The number of aromatic nitrogens is 3. The number of anilines is 1. The lowest BCUT2D eigenvalue weighted by molar-refractivity contribution is 0.414. The van der Waals surface area contributed by atoms with Gasteiger partial charge in [0.15, 0.2) is 0 Å². The minimum absolute atomic E-state index is 0.106. The lowest BCUT2D eigenvalue weighted by Gasteiger charge is -2.12. The first-order valence-corrected chi connectivity index (χ1v) is 8.02. The van der Waals surface area contributed by atoms with Crippen molar-refractivity contribution in [2.45, 2.75) is 6.42 Å². The van der Waals surface area contributed by atoms with E-state index >= 15 is 0 Å². The van der Waals surface area contributed by atoms with E-state index in [0.717, 1.165) is 23.3 Å². The number of pyridine rings is 1. The number of nitrogens with zero attached hydrogens (tertiary/aromatic N) is 3. The summed E-state index contributed by atoms with van der Waals surface area (Å²) in [5, 5.41) is 3.25. The van der Waals surface area contributed by atoms with Crippen LogP contribution in [0.3, 0.4) is 0 Å². The third-order valence-electron chi connectivity index (χ3n) is 3.94. The summed E-state index contributed by atoms with van der Waals surface area (Å²) in [5.74, 6) is 1.38. The molecule has 6 nitrogen and oxygen atoms in total. The highest BCUT2D eigenvalue weighted by Gasteiger charge is 2.07. The number of nitrogens with one attached hydrogen (secondary N) is 1. The van der Waals surface area contributed by atoms with Crippen LogP contribution >= 0.6 is 0 Å². The van der Waals surface area contributed by atoms with Crippen LogP contribution in [0.5, 0.6) is 5.75 Å². The monoisotopic (exact) mass is 336 g/mol. The number of hydrogen-bond acceptors (Lipinski definition) is 5. The predicted octanol–water partition coefficient (Wildman–Crippen LogP) is 2.51. The number of hydrogen-bond donors (Lipinski definition) is 1. The highest BCUT2D eigenvalue weighted by molar-refractivity contribution is 5.59. The Hall–Kier alpha value is -3.15. The van der Waals surface area contributed by atoms with Crippen LogP contribution in [-0.2, 0) is 13.5 Å². The maximum absolute atomic E-state index is 12.2. The van der Waals surface area contributed by atoms with Gasteiger partial charge in [-0.1, -0.05) is 12.1 Å². The maximum atomic E-state index is 12.2. The van der Waals surface area contributed by atoms with Crippen LogP contribution in [-0.4, -0.2) is 28.2 Å². The van der Waals surface area contributed by atoms with Gasteiger partial charge in [0.05, 0.1) is 12.8 Å². The average Bonchev–Trinajstić information content (AvgIpc) is 2.66. The van der Waals surface area contributed by atoms with Gasteiger partial charge in [0.2, 0.25) is 5.95 Å². The SMILES string of the molecule is COc1cccc(CCNc2nc(-c3ccncc3)cc(=O)n2C)c1. The first-order chi connectivity index (χ1) is 12.2. The normalized spacial score (nSPS) is 10.5. The molecule has 0 bridgehead atoms. The zero-order chi connectivity index (χ0) is 17.6. The lowest BCUT2D eigenvalue weighted by Crippen LogP contribution is -2.22. The molecule has 3 rings (SSSR count). The molecule has 0 amide bonds. The second-order valence-corrected chi connectivity index (χ2v) is 5.63. The highest BCUT2D eigenvalue weighted by Crippen LogP contribution is 2.16. The van der Waals surface area contributed by atoms with E-state index < -0.39 is 0 Å². The predicted molar refractivity (Wildman–Crippen MR) is 97.9 cm³/mol. The van der Waals surface area contributed by atoms with Gasteiger partial charge < -0.3 is 10.1 Å². The third-order valence-corrected chi connectivity index (χ3v) is 3.94. The fourth-order valence-electron chi connectivity index (χ4n) is 2.51. The Balaban J connectivity index is 1.75. The minimum atomic E-state index is -0.106. The zero-order valence-electron chi connectivity index (χ0n) is 14.3. The molecule has 128 valence electrons. The second-order valence-electron chi connectivity index (χ2n) is 5.63. The van der Waals surface area contributed by atoms with Crippen LogP contribution < -0.4 is 15.6 Å². The molecule has 0 radical (unpaired) electrons. The van der Waals surface area contributed by atoms with Crippen molar-refractivity contribution in [2.24, 2.45) is 7.05 Å². The average molecular weight is 336 g/mol. The van der Waals surface area contributed by atoms with Gasteiger partial charge in [-0.3, -0.25) is 14.3 Å². The van der Waals surface area contributed by atoms with Crippen LogP contribution in [0.1, 0.15) is 5.56 Å². The molecule has 0 saturated carbocycles. The van der Waals surface area contributed by atoms with Gasteiger partial charge in [0, 0.05) is 37.6 Å². The molecule has 25 heavy (non-hydrogen) atoms. The topological polar surface area (TPSA) is 69.0 Å². The van der Waals surface area contributed by atoms with Gasteiger partial charge in [0.25, 0.3) is 5.56 Å². The van der Waals surface area contributed by atoms with Crippen molar-refractivity contribution in [2.75, 3.05) is 19.0 Å². The fraction of sp³-hybridized carbons (Fsp3) is 0.211. The van der Waals surface area contributed by atoms with Crippen molar-refractivity contribution in [3.8, 4) is 17.0 Å². The Kier molecular flexibility index (Phi) is 5.09. The summed E-state index contributed by atoms with van der Waals surface area (Å²) in [6.45, 7) is 0.660. The number of methoxy groups -OCH3 is 1. The second kappa shape index (κ2) is 7.61. The van der Waals surface area contributed by atoms with Gasteiger partial charge in [-0.05, 0) is 36.2 Å². The van der Waals surface area contributed by atoms with Gasteiger partial charge in [-0.2, -0.15) is 0 Å². The van der Waals surface area contributed by atoms with Crippen LogP contribution in [0.25, 0.3) is 11.3 Å². The number of benzene rings is 1. The molecule has 1 N–H and O–H groups in total. The number of ether oxygens (including phenoxy) is 1. The van der Waals surface area contributed by atoms with Crippen molar-refractivity contribution in [1.82, 2.24) is 14.5 Å². The van der Waals surface area contributed by atoms with Crippen molar-refractivity contribution in [1.29, 1.82) is 0 Å². The molecule has 3 aromatic rings. The summed E-state index contributed by atoms with van der Waals surface area (Å²) in [7, 11) is 3.36. The van der Waals surface area contributed by atoms with Crippen LogP contribution in [0.4, 0.5) is 5.95 Å². The van der Waals surface area contributed by atoms with Crippen LogP contribution in [0, 0.1) is 0 Å². The molecular weight excluding hydrogens is 316 g/mol. The van der Waals surface area contributed by atoms with E-state index in [1.807, 2.05) is 36.4 Å². The molecule has 0 aliphatic heterocycles. The van der Waals surface area contributed by atoms with Gasteiger partial charge in [-0.15, -0.1) is 0 Å². The molecule has 0 saturated heterocycles. The standard InChI is InChI=1S/C19H20N4O2/c1-23-18(24)13-17(15-7-9-20-10-8-15)22-19(23)21-11-6-14-4-3-5-16(12-14)25-2/h3-5,7-10,12-13H,6,11H2,1-2H3,(H,21,22). The van der Waals surface area contributed by atoms with Crippen molar-refractivity contribution >= 4 is 5.95 Å². The van der Waals surface area contributed by atoms with Gasteiger partial charge in [-0.25, -0.2) is 4.98 Å². The zero-order valence-corrected chi connectivity index (χ0v) is 14.3.